The molecule has 2 heterocycles. The molecule has 21 heavy (non-hydrogen) atoms. The van der Waals surface area contributed by atoms with Crippen LogP contribution in [0.5, 0.6) is 5.75 Å². The normalized spacial score (nSPS) is 10.4. The lowest BCUT2D eigenvalue weighted by Crippen LogP contribution is -2.02. The Hall–Kier alpha value is -2.90. The van der Waals surface area contributed by atoms with E-state index >= 15 is 0 Å². The second-order valence-corrected chi connectivity index (χ2v) is 4.32. The minimum atomic E-state index is -1.19. The molecule has 0 atom stereocenters. The van der Waals surface area contributed by atoms with E-state index in [4.69, 9.17) is 14.3 Å². The van der Waals surface area contributed by atoms with Gasteiger partial charge in [-0.15, -0.1) is 0 Å². The molecule has 0 aliphatic rings. The number of nitrogens with zero attached hydrogens (tertiary/aromatic N) is 2. The van der Waals surface area contributed by atoms with Gasteiger partial charge in [-0.1, -0.05) is 0 Å². The molecule has 0 fully saturated rings. The summed E-state index contributed by atoms with van der Waals surface area (Å²) in [6.07, 6.45) is 0. The minimum absolute atomic E-state index is 0.0167. The summed E-state index contributed by atoms with van der Waals surface area (Å²) in [5, 5.41) is 19.7. The van der Waals surface area contributed by atoms with Crippen LogP contribution in [-0.2, 0) is 6.61 Å². The number of furan rings is 1. The second-order valence-electron chi connectivity index (χ2n) is 4.32. The largest absolute Gasteiger partial charge is 0.481 e. The Kier molecular flexibility index (Phi) is 3.88. The molecular weight excluding hydrogens is 280 g/mol. The highest BCUT2D eigenvalue weighted by molar-refractivity contribution is 5.84. The van der Waals surface area contributed by atoms with Gasteiger partial charge in [0.15, 0.2) is 0 Å². The van der Waals surface area contributed by atoms with E-state index in [9.17, 15) is 14.9 Å². The summed E-state index contributed by atoms with van der Waals surface area (Å²) in [5.74, 6) is -1.37. The molecule has 0 saturated heterocycles. The van der Waals surface area contributed by atoms with Crippen LogP contribution in [-0.4, -0.2) is 21.0 Å². The summed E-state index contributed by atoms with van der Waals surface area (Å²) >= 11 is 0. The summed E-state index contributed by atoms with van der Waals surface area (Å²) in [6, 6.07) is 4.37. The van der Waals surface area contributed by atoms with Crippen molar-refractivity contribution in [3.05, 3.63) is 51.1 Å². The molecule has 0 spiro atoms. The van der Waals surface area contributed by atoms with Crippen LogP contribution >= 0.6 is 0 Å². The molecule has 0 aliphatic carbocycles. The number of hydrogen-bond donors (Lipinski definition) is 1. The molecule has 8 nitrogen and oxygen atoms in total. The predicted molar refractivity (Wildman–Crippen MR) is 70.4 cm³/mol. The maximum Gasteiger partial charge on any atom is 0.406 e. The molecular formula is C13H12N2O6. The number of aromatic nitrogens is 1. The third-order valence-electron chi connectivity index (χ3n) is 2.77. The van der Waals surface area contributed by atoms with E-state index in [0.29, 0.717) is 17.0 Å². The molecule has 8 heteroatoms. The average Bonchev–Trinajstić information content (AvgIpc) is 2.79. The summed E-state index contributed by atoms with van der Waals surface area (Å²) in [7, 11) is 0. The number of nitro groups is 1. The lowest BCUT2D eigenvalue weighted by Gasteiger charge is -2.05. The molecule has 2 aromatic heterocycles. The maximum absolute atomic E-state index is 10.9. The Morgan fingerprint density at radius 1 is 1.48 bits per heavy atom. The molecule has 0 unspecified atom stereocenters. The number of carboxylic acid groups (broad SMARTS) is 1. The van der Waals surface area contributed by atoms with Gasteiger partial charge in [-0.25, -0.2) is 4.79 Å². The van der Waals surface area contributed by atoms with E-state index in [-0.39, 0.29) is 23.9 Å². The summed E-state index contributed by atoms with van der Waals surface area (Å²) in [6.45, 7) is 3.18. The number of carboxylic acids is 1. The van der Waals surface area contributed by atoms with Crippen molar-refractivity contribution in [2.75, 3.05) is 0 Å². The first kappa shape index (κ1) is 14.5. The number of rotatable bonds is 5. The fourth-order valence-corrected chi connectivity index (χ4v) is 1.70. The first-order valence-corrected chi connectivity index (χ1v) is 5.96. The molecule has 0 aromatic carbocycles. The van der Waals surface area contributed by atoms with Crippen LogP contribution < -0.4 is 4.74 Å². The minimum Gasteiger partial charge on any atom is -0.481 e. The van der Waals surface area contributed by atoms with Crippen molar-refractivity contribution in [1.29, 1.82) is 0 Å². The van der Waals surface area contributed by atoms with Crippen molar-refractivity contribution in [1.82, 2.24) is 4.98 Å². The number of pyridine rings is 1. The fraction of sp³-hybridized carbons (Fsp3) is 0.231. The lowest BCUT2D eigenvalue weighted by molar-refractivity contribution is -0.390. The highest BCUT2D eigenvalue weighted by Gasteiger charge is 2.19. The Bertz CT molecular complexity index is 707. The molecule has 0 bridgehead atoms. The first-order chi connectivity index (χ1) is 9.88. The van der Waals surface area contributed by atoms with E-state index < -0.39 is 10.9 Å². The summed E-state index contributed by atoms with van der Waals surface area (Å²) in [5.41, 5.74) is 1.00. The number of hydrogen-bond acceptors (Lipinski definition) is 6. The molecule has 2 rings (SSSR count). The number of aryl methyl sites for hydroxylation is 2. The third-order valence-corrected chi connectivity index (χ3v) is 2.77. The zero-order valence-corrected chi connectivity index (χ0v) is 11.3. The second kappa shape index (κ2) is 5.61. The van der Waals surface area contributed by atoms with Crippen molar-refractivity contribution in [3.63, 3.8) is 0 Å². The van der Waals surface area contributed by atoms with Gasteiger partial charge in [-0.2, -0.15) is 0 Å². The zero-order chi connectivity index (χ0) is 15.6. The van der Waals surface area contributed by atoms with Gasteiger partial charge in [0.1, 0.15) is 18.1 Å². The highest BCUT2D eigenvalue weighted by Crippen LogP contribution is 2.26. The predicted octanol–water partition coefficient (Wildman–Crippen LogP) is 2.48. The van der Waals surface area contributed by atoms with Crippen LogP contribution in [0.25, 0.3) is 0 Å². The molecule has 110 valence electrons. The Morgan fingerprint density at radius 2 is 2.19 bits per heavy atom. The Labute approximate surface area is 119 Å². The van der Waals surface area contributed by atoms with Crippen molar-refractivity contribution < 1.29 is 24.0 Å². The monoisotopic (exact) mass is 292 g/mol. The van der Waals surface area contributed by atoms with E-state index in [1.54, 1.807) is 19.9 Å². The van der Waals surface area contributed by atoms with Crippen LogP contribution in [0.3, 0.4) is 0 Å². The molecule has 0 radical (unpaired) electrons. The van der Waals surface area contributed by atoms with Gasteiger partial charge >= 0.3 is 11.8 Å². The number of aromatic carboxylic acids is 1. The average molecular weight is 292 g/mol. The van der Waals surface area contributed by atoms with Crippen LogP contribution in [0.15, 0.2) is 22.6 Å². The van der Waals surface area contributed by atoms with Gasteiger partial charge in [0.25, 0.3) is 0 Å². The van der Waals surface area contributed by atoms with Crippen LogP contribution in [0, 0.1) is 24.0 Å². The van der Waals surface area contributed by atoms with Crippen LogP contribution in [0.4, 0.5) is 5.82 Å². The van der Waals surface area contributed by atoms with Crippen LogP contribution in [0.2, 0.25) is 0 Å². The van der Waals surface area contributed by atoms with Gasteiger partial charge in [0, 0.05) is 12.5 Å². The topological polar surface area (TPSA) is 116 Å². The SMILES string of the molecule is Cc1ccc(OCc2cc(C(=O)O)oc2C)c([N+](=O)[O-])n1. The maximum atomic E-state index is 10.9. The van der Waals surface area contributed by atoms with Gasteiger partial charge < -0.3 is 24.4 Å². The molecule has 1 N–H and O–H groups in total. The number of ether oxygens (including phenoxy) is 1. The summed E-state index contributed by atoms with van der Waals surface area (Å²) in [4.78, 5) is 24.9. The van der Waals surface area contributed by atoms with Crippen molar-refractivity contribution >= 4 is 11.8 Å². The first-order valence-electron chi connectivity index (χ1n) is 5.96. The van der Waals surface area contributed by atoms with Gasteiger partial charge in [-0.05, 0) is 35.0 Å². The van der Waals surface area contributed by atoms with Gasteiger partial charge in [0.2, 0.25) is 11.5 Å². The van der Waals surface area contributed by atoms with Crippen LogP contribution in [0.1, 0.15) is 27.6 Å². The van der Waals surface area contributed by atoms with E-state index in [1.165, 1.54) is 12.1 Å². The Balaban J connectivity index is 2.20. The third kappa shape index (κ3) is 3.16. The molecule has 2 aromatic rings. The van der Waals surface area contributed by atoms with E-state index in [0.717, 1.165) is 0 Å². The Morgan fingerprint density at radius 3 is 2.76 bits per heavy atom. The number of carbonyl (C=O) groups is 1. The standard InChI is InChI=1S/C13H12N2O6/c1-7-3-4-10(12(14-7)15(18)19)20-6-9-5-11(13(16)17)21-8(9)2/h3-5H,6H2,1-2H3,(H,16,17). The quantitative estimate of drug-likeness (QED) is 0.664. The smallest absolute Gasteiger partial charge is 0.406 e. The summed E-state index contributed by atoms with van der Waals surface area (Å²) < 4.78 is 10.4. The van der Waals surface area contributed by atoms with E-state index in [1.807, 2.05) is 0 Å². The molecule has 0 amide bonds. The van der Waals surface area contributed by atoms with Crippen molar-refractivity contribution in [2.45, 2.75) is 20.5 Å². The van der Waals surface area contributed by atoms with Crippen molar-refractivity contribution in [2.24, 2.45) is 0 Å². The highest BCUT2D eigenvalue weighted by atomic mass is 16.6. The van der Waals surface area contributed by atoms with E-state index in [2.05, 4.69) is 4.98 Å². The lowest BCUT2D eigenvalue weighted by atomic mass is 10.2. The van der Waals surface area contributed by atoms with Gasteiger partial charge in [-0.3, -0.25) is 0 Å². The fourth-order valence-electron chi connectivity index (χ4n) is 1.70. The van der Waals surface area contributed by atoms with Crippen molar-refractivity contribution in [3.8, 4) is 5.75 Å². The zero-order valence-electron chi connectivity index (χ0n) is 11.3. The van der Waals surface area contributed by atoms with Gasteiger partial charge in [0.05, 0.1) is 0 Å². The molecule has 0 aliphatic heterocycles. The molecule has 0 saturated carbocycles.